The molecule has 2 heterocycles. The maximum absolute atomic E-state index is 13.2. The second-order valence-corrected chi connectivity index (χ2v) is 8.61. The Morgan fingerprint density at radius 2 is 1.88 bits per heavy atom. The van der Waals surface area contributed by atoms with Gasteiger partial charge < -0.3 is 15.4 Å². The minimum absolute atomic E-state index is 0.182. The van der Waals surface area contributed by atoms with E-state index < -0.39 is 11.9 Å². The monoisotopic (exact) mass is 449 g/mol. The van der Waals surface area contributed by atoms with E-state index in [4.69, 9.17) is 4.74 Å². The summed E-state index contributed by atoms with van der Waals surface area (Å²) in [5.41, 5.74) is 2.65. The molecular formula is C24H23N3O4S. The number of hydrogen-bond acceptors (Lipinski definition) is 6. The van der Waals surface area contributed by atoms with Crippen LogP contribution in [0.15, 0.2) is 48.8 Å². The van der Waals surface area contributed by atoms with Crippen LogP contribution in [0.1, 0.15) is 56.5 Å². The van der Waals surface area contributed by atoms with Gasteiger partial charge in [0.15, 0.2) is 0 Å². The summed E-state index contributed by atoms with van der Waals surface area (Å²) in [4.78, 5) is 42.8. The first-order chi connectivity index (χ1) is 15.5. The second kappa shape index (κ2) is 9.74. The molecule has 2 amide bonds. The van der Waals surface area contributed by atoms with Crippen molar-refractivity contribution in [3.05, 3.63) is 75.9 Å². The lowest BCUT2D eigenvalue weighted by molar-refractivity contribution is -0.131. The molecule has 0 saturated heterocycles. The maximum atomic E-state index is 13.2. The van der Waals surface area contributed by atoms with E-state index in [9.17, 15) is 14.4 Å². The average Bonchev–Trinajstić information content (AvgIpc) is 3.16. The molecule has 8 heteroatoms. The highest BCUT2D eigenvalue weighted by Crippen LogP contribution is 2.38. The fourth-order valence-electron chi connectivity index (χ4n) is 3.74. The zero-order chi connectivity index (χ0) is 22.5. The van der Waals surface area contributed by atoms with Crippen molar-refractivity contribution in [2.45, 2.75) is 39.2 Å². The van der Waals surface area contributed by atoms with Crippen molar-refractivity contribution in [3.8, 4) is 5.75 Å². The number of amides is 2. The van der Waals surface area contributed by atoms with Gasteiger partial charge in [-0.25, -0.2) is 0 Å². The van der Waals surface area contributed by atoms with Crippen LogP contribution >= 0.6 is 11.3 Å². The molecule has 0 spiro atoms. The average molecular weight is 450 g/mol. The molecular weight excluding hydrogens is 426 g/mol. The van der Waals surface area contributed by atoms with Crippen LogP contribution in [0.3, 0.4) is 0 Å². The van der Waals surface area contributed by atoms with Gasteiger partial charge in [-0.1, -0.05) is 18.2 Å². The summed E-state index contributed by atoms with van der Waals surface area (Å²) >= 11 is 1.44. The van der Waals surface area contributed by atoms with Gasteiger partial charge in [-0.3, -0.25) is 19.4 Å². The predicted molar refractivity (Wildman–Crippen MR) is 122 cm³/mol. The topological polar surface area (TPSA) is 97.4 Å². The van der Waals surface area contributed by atoms with Gasteiger partial charge in [-0.15, -0.1) is 11.3 Å². The van der Waals surface area contributed by atoms with Gasteiger partial charge in [-0.05, 0) is 55.0 Å². The smallest absolute Gasteiger partial charge is 0.308 e. The zero-order valence-corrected chi connectivity index (χ0v) is 18.5. The van der Waals surface area contributed by atoms with Crippen molar-refractivity contribution in [1.82, 2.24) is 10.3 Å². The normalized spacial score (nSPS) is 12.5. The number of benzene rings is 1. The van der Waals surface area contributed by atoms with Crippen molar-refractivity contribution in [3.63, 3.8) is 0 Å². The van der Waals surface area contributed by atoms with E-state index in [-0.39, 0.29) is 17.2 Å². The first-order valence-corrected chi connectivity index (χ1v) is 11.2. The molecule has 1 aliphatic carbocycles. The van der Waals surface area contributed by atoms with Crippen LogP contribution in [-0.2, 0) is 24.2 Å². The van der Waals surface area contributed by atoms with Gasteiger partial charge >= 0.3 is 5.97 Å². The van der Waals surface area contributed by atoms with Crippen LogP contribution < -0.4 is 15.4 Å². The van der Waals surface area contributed by atoms with Crippen LogP contribution in [0.5, 0.6) is 5.75 Å². The number of ether oxygens (including phenoxy) is 1. The Labute approximate surface area is 189 Å². The molecule has 1 aromatic carbocycles. The largest absolute Gasteiger partial charge is 0.426 e. The van der Waals surface area contributed by atoms with E-state index in [0.29, 0.717) is 17.1 Å². The van der Waals surface area contributed by atoms with E-state index in [1.165, 1.54) is 18.3 Å². The molecule has 164 valence electrons. The molecule has 0 saturated carbocycles. The molecule has 2 aromatic heterocycles. The molecule has 0 bridgehead atoms. The Bertz CT molecular complexity index is 1160. The summed E-state index contributed by atoms with van der Waals surface area (Å²) in [5, 5.41) is 6.36. The minimum Gasteiger partial charge on any atom is -0.426 e. The third-order valence-electron chi connectivity index (χ3n) is 5.19. The summed E-state index contributed by atoms with van der Waals surface area (Å²) in [7, 11) is 0. The summed E-state index contributed by atoms with van der Waals surface area (Å²) < 4.78 is 5.17. The molecule has 32 heavy (non-hydrogen) atoms. The number of rotatable bonds is 6. The van der Waals surface area contributed by atoms with Crippen molar-refractivity contribution in [1.29, 1.82) is 0 Å². The molecule has 0 radical (unpaired) electrons. The van der Waals surface area contributed by atoms with Gasteiger partial charge in [0, 0.05) is 30.7 Å². The minimum atomic E-state index is -0.507. The number of nitrogens with zero attached hydrogens (tertiary/aromatic N) is 1. The lowest BCUT2D eigenvalue weighted by Crippen LogP contribution is -2.25. The highest BCUT2D eigenvalue weighted by atomic mass is 32.1. The molecule has 0 fully saturated rings. The lowest BCUT2D eigenvalue weighted by atomic mass is 9.95. The van der Waals surface area contributed by atoms with Crippen molar-refractivity contribution in [2.24, 2.45) is 0 Å². The van der Waals surface area contributed by atoms with Crippen molar-refractivity contribution >= 4 is 34.1 Å². The predicted octanol–water partition coefficient (Wildman–Crippen LogP) is 4.13. The maximum Gasteiger partial charge on any atom is 0.308 e. The van der Waals surface area contributed by atoms with Crippen molar-refractivity contribution < 1.29 is 19.1 Å². The number of para-hydroxylation sites is 1. The molecule has 7 nitrogen and oxygen atoms in total. The number of fused-ring (bicyclic) bond motifs is 1. The quantitative estimate of drug-likeness (QED) is 0.436. The summed E-state index contributed by atoms with van der Waals surface area (Å²) in [6.45, 7) is 1.63. The number of carbonyl (C=O) groups excluding carboxylic acids is 3. The van der Waals surface area contributed by atoms with Crippen LogP contribution in [-0.4, -0.2) is 22.8 Å². The number of esters is 1. The number of aromatic nitrogens is 1. The SMILES string of the molecule is CC(=O)Oc1ccccc1C(=O)Nc1sc2c(c1C(=O)NCc1cccnc1)CCCC2. The second-order valence-electron chi connectivity index (χ2n) is 7.50. The van der Waals surface area contributed by atoms with Crippen LogP contribution in [0.4, 0.5) is 5.00 Å². The summed E-state index contributed by atoms with van der Waals surface area (Å²) in [5.74, 6) is -0.979. The number of pyridine rings is 1. The number of carbonyl (C=O) groups is 3. The first kappa shape index (κ1) is 21.7. The fraction of sp³-hybridized carbons (Fsp3) is 0.250. The summed E-state index contributed by atoms with van der Waals surface area (Å²) in [6, 6.07) is 10.3. The Morgan fingerprint density at radius 3 is 2.66 bits per heavy atom. The van der Waals surface area contributed by atoms with E-state index in [0.717, 1.165) is 41.7 Å². The fourth-order valence-corrected chi connectivity index (χ4v) is 5.02. The highest BCUT2D eigenvalue weighted by Gasteiger charge is 2.27. The van der Waals surface area contributed by atoms with Crippen LogP contribution in [0.25, 0.3) is 0 Å². The van der Waals surface area contributed by atoms with Gasteiger partial charge in [0.05, 0.1) is 11.1 Å². The number of thiophene rings is 1. The van der Waals surface area contributed by atoms with E-state index in [2.05, 4.69) is 15.6 Å². The number of anilines is 1. The Hall–Kier alpha value is -3.52. The molecule has 1 aliphatic rings. The molecule has 0 aliphatic heterocycles. The number of hydrogen-bond donors (Lipinski definition) is 2. The number of nitrogens with one attached hydrogen (secondary N) is 2. The Kier molecular flexibility index (Phi) is 6.61. The van der Waals surface area contributed by atoms with E-state index in [1.807, 2.05) is 12.1 Å². The molecule has 0 atom stereocenters. The van der Waals surface area contributed by atoms with Crippen LogP contribution in [0.2, 0.25) is 0 Å². The molecule has 2 N–H and O–H groups in total. The van der Waals surface area contributed by atoms with E-state index >= 15 is 0 Å². The highest BCUT2D eigenvalue weighted by molar-refractivity contribution is 7.17. The third-order valence-corrected chi connectivity index (χ3v) is 6.39. The van der Waals surface area contributed by atoms with E-state index in [1.54, 1.807) is 36.7 Å². The van der Waals surface area contributed by atoms with Crippen LogP contribution in [0, 0.1) is 0 Å². The van der Waals surface area contributed by atoms with Gasteiger partial charge in [0.2, 0.25) is 0 Å². The lowest BCUT2D eigenvalue weighted by Gasteiger charge is -2.13. The molecule has 0 unspecified atom stereocenters. The van der Waals surface area contributed by atoms with Gasteiger partial charge in [0.25, 0.3) is 11.8 Å². The molecule has 4 rings (SSSR count). The molecule has 3 aromatic rings. The first-order valence-electron chi connectivity index (χ1n) is 10.4. The standard InChI is InChI=1S/C24H23N3O4S/c1-15(28)31-19-10-4-2-8-17(19)22(29)27-24-21(18-9-3-5-11-20(18)32-24)23(30)26-14-16-7-6-12-25-13-16/h2,4,6-8,10,12-13H,3,5,9,11,14H2,1H3,(H,26,30)(H,27,29). The van der Waals surface area contributed by atoms with Crippen molar-refractivity contribution in [2.75, 3.05) is 5.32 Å². The Balaban J connectivity index is 1.60. The number of aryl methyl sites for hydroxylation is 1. The Morgan fingerprint density at radius 1 is 1.06 bits per heavy atom. The van der Waals surface area contributed by atoms with Gasteiger partial charge in [0.1, 0.15) is 10.8 Å². The summed E-state index contributed by atoms with van der Waals surface area (Å²) in [6.07, 6.45) is 7.16. The zero-order valence-electron chi connectivity index (χ0n) is 17.6. The third kappa shape index (κ3) is 4.86. The van der Waals surface area contributed by atoms with Gasteiger partial charge in [-0.2, -0.15) is 0 Å².